The van der Waals surface area contributed by atoms with E-state index in [0.29, 0.717) is 11.3 Å². The van der Waals surface area contributed by atoms with E-state index < -0.39 is 6.10 Å². The van der Waals surface area contributed by atoms with Crippen LogP contribution in [0.5, 0.6) is 0 Å². The zero-order chi connectivity index (χ0) is 14.8. The summed E-state index contributed by atoms with van der Waals surface area (Å²) in [6.07, 6.45) is 2.12. The minimum atomic E-state index is -0.398. The Morgan fingerprint density at radius 1 is 1.15 bits per heavy atom. The van der Waals surface area contributed by atoms with Crippen molar-refractivity contribution in [2.75, 3.05) is 13.1 Å². The second-order valence-corrected chi connectivity index (χ2v) is 7.33. The standard InChI is InChI=1S/C18H29NO/c1-14(2)16(17(20)15-9-6-5-7-10-15)19-12-8-11-18(3,4)13-19/h5-7,9-10,14,16-17,20H,8,11-13H2,1-4H3. The summed E-state index contributed by atoms with van der Waals surface area (Å²) in [5, 5.41) is 10.8. The lowest BCUT2D eigenvalue weighted by Crippen LogP contribution is -2.50. The Morgan fingerprint density at radius 3 is 2.35 bits per heavy atom. The molecule has 0 radical (unpaired) electrons. The number of aliphatic hydroxyl groups excluding tert-OH is 1. The van der Waals surface area contributed by atoms with E-state index in [9.17, 15) is 5.11 Å². The third-order valence-electron chi connectivity index (χ3n) is 4.50. The van der Waals surface area contributed by atoms with Crippen molar-refractivity contribution < 1.29 is 5.11 Å². The van der Waals surface area contributed by atoms with E-state index in [2.05, 4.69) is 32.6 Å². The van der Waals surface area contributed by atoms with Crippen molar-refractivity contribution in [1.29, 1.82) is 0 Å². The van der Waals surface area contributed by atoms with Gasteiger partial charge in [0.15, 0.2) is 0 Å². The lowest BCUT2D eigenvalue weighted by atomic mass is 9.81. The van der Waals surface area contributed by atoms with Crippen LogP contribution in [-0.4, -0.2) is 29.1 Å². The van der Waals surface area contributed by atoms with Crippen LogP contribution in [0.1, 0.15) is 52.2 Å². The van der Waals surface area contributed by atoms with E-state index in [4.69, 9.17) is 0 Å². The fraction of sp³-hybridized carbons (Fsp3) is 0.667. The van der Waals surface area contributed by atoms with E-state index >= 15 is 0 Å². The van der Waals surface area contributed by atoms with Crippen LogP contribution in [-0.2, 0) is 0 Å². The van der Waals surface area contributed by atoms with Crippen LogP contribution in [0.25, 0.3) is 0 Å². The minimum absolute atomic E-state index is 0.206. The topological polar surface area (TPSA) is 23.5 Å². The summed E-state index contributed by atoms with van der Waals surface area (Å²) in [5.41, 5.74) is 1.40. The molecule has 2 nitrogen and oxygen atoms in total. The molecule has 20 heavy (non-hydrogen) atoms. The molecule has 0 saturated carbocycles. The maximum atomic E-state index is 10.8. The zero-order valence-electron chi connectivity index (χ0n) is 13.3. The van der Waals surface area contributed by atoms with Gasteiger partial charge in [0, 0.05) is 12.6 Å². The normalized spacial score (nSPS) is 22.7. The molecule has 2 unspecified atom stereocenters. The van der Waals surface area contributed by atoms with Crippen LogP contribution in [0.15, 0.2) is 30.3 Å². The zero-order valence-corrected chi connectivity index (χ0v) is 13.3. The van der Waals surface area contributed by atoms with Crippen molar-refractivity contribution >= 4 is 0 Å². The fourth-order valence-electron chi connectivity index (χ4n) is 3.56. The highest BCUT2D eigenvalue weighted by molar-refractivity contribution is 5.19. The van der Waals surface area contributed by atoms with Crippen LogP contribution < -0.4 is 0 Å². The van der Waals surface area contributed by atoms with Gasteiger partial charge in [-0.3, -0.25) is 4.90 Å². The summed E-state index contributed by atoms with van der Waals surface area (Å²) >= 11 is 0. The van der Waals surface area contributed by atoms with E-state index in [1.807, 2.05) is 30.3 Å². The van der Waals surface area contributed by atoms with Gasteiger partial charge in [-0.2, -0.15) is 0 Å². The van der Waals surface area contributed by atoms with Crippen molar-refractivity contribution in [3.63, 3.8) is 0 Å². The van der Waals surface area contributed by atoms with Gasteiger partial charge in [0.1, 0.15) is 0 Å². The van der Waals surface area contributed by atoms with Crippen LogP contribution in [0, 0.1) is 11.3 Å². The number of nitrogens with zero attached hydrogens (tertiary/aromatic N) is 1. The molecule has 1 aromatic carbocycles. The summed E-state index contributed by atoms with van der Waals surface area (Å²) in [7, 11) is 0. The number of hydrogen-bond donors (Lipinski definition) is 1. The first-order chi connectivity index (χ1) is 9.41. The van der Waals surface area contributed by atoms with E-state index in [-0.39, 0.29) is 6.04 Å². The van der Waals surface area contributed by atoms with Crippen molar-refractivity contribution in [2.24, 2.45) is 11.3 Å². The second kappa shape index (κ2) is 6.28. The van der Waals surface area contributed by atoms with Crippen molar-refractivity contribution in [3.8, 4) is 0 Å². The van der Waals surface area contributed by atoms with Gasteiger partial charge in [-0.1, -0.05) is 58.0 Å². The van der Waals surface area contributed by atoms with Crippen molar-refractivity contribution in [2.45, 2.75) is 52.7 Å². The largest absolute Gasteiger partial charge is 0.387 e. The number of aliphatic hydroxyl groups is 1. The number of piperidine rings is 1. The second-order valence-electron chi connectivity index (χ2n) is 7.33. The van der Waals surface area contributed by atoms with Crippen LogP contribution >= 0.6 is 0 Å². The van der Waals surface area contributed by atoms with Crippen LogP contribution in [0.2, 0.25) is 0 Å². The number of rotatable bonds is 4. The van der Waals surface area contributed by atoms with Crippen LogP contribution in [0.4, 0.5) is 0 Å². The average Bonchev–Trinajstić information content (AvgIpc) is 2.38. The molecular formula is C18H29NO. The molecule has 2 heteroatoms. The van der Waals surface area contributed by atoms with Gasteiger partial charge < -0.3 is 5.11 Å². The van der Waals surface area contributed by atoms with Crippen LogP contribution in [0.3, 0.4) is 0 Å². The highest BCUT2D eigenvalue weighted by Gasteiger charge is 2.35. The molecule has 1 saturated heterocycles. The summed E-state index contributed by atoms with van der Waals surface area (Å²) in [6, 6.07) is 10.3. The molecule has 0 aliphatic carbocycles. The Balaban J connectivity index is 2.19. The molecule has 0 amide bonds. The monoisotopic (exact) mass is 275 g/mol. The van der Waals surface area contributed by atoms with E-state index in [1.54, 1.807) is 0 Å². The van der Waals surface area contributed by atoms with Gasteiger partial charge in [0.2, 0.25) is 0 Å². The number of hydrogen-bond acceptors (Lipinski definition) is 2. The maximum absolute atomic E-state index is 10.8. The Hall–Kier alpha value is -0.860. The predicted octanol–water partition coefficient (Wildman–Crippen LogP) is 3.87. The van der Waals surface area contributed by atoms with Gasteiger partial charge in [-0.05, 0) is 36.3 Å². The minimum Gasteiger partial charge on any atom is -0.387 e. The molecule has 2 atom stereocenters. The molecule has 1 heterocycles. The average molecular weight is 275 g/mol. The smallest absolute Gasteiger partial charge is 0.0947 e. The summed E-state index contributed by atoms with van der Waals surface area (Å²) in [4.78, 5) is 2.51. The third-order valence-corrected chi connectivity index (χ3v) is 4.50. The molecule has 0 bridgehead atoms. The van der Waals surface area contributed by atoms with Gasteiger partial charge in [0.05, 0.1) is 6.10 Å². The van der Waals surface area contributed by atoms with E-state index in [0.717, 1.165) is 18.7 Å². The molecule has 1 fully saturated rings. The highest BCUT2D eigenvalue weighted by atomic mass is 16.3. The first-order valence-electron chi connectivity index (χ1n) is 7.88. The van der Waals surface area contributed by atoms with Gasteiger partial charge in [-0.25, -0.2) is 0 Å². The van der Waals surface area contributed by atoms with E-state index in [1.165, 1.54) is 12.8 Å². The summed E-state index contributed by atoms with van der Waals surface area (Å²) < 4.78 is 0. The molecule has 0 spiro atoms. The first-order valence-corrected chi connectivity index (χ1v) is 7.88. The molecule has 1 aliphatic heterocycles. The highest BCUT2D eigenvalue weighted by Crippen LogP contribution is 2.34. The molecule has 1 N–H and O–H groups in total. The number of benzene rings is 1. The lowest BCUT2D eigenvalue weighted by Gasteiger charge is -2.45. The Kier molecular flexibility index (Phi) is 4.87. The van der Waals surface area contributed by atoms with Crippen molar-refractivity contribution in [3.05, 3.63) is 35.9 Å². The quantitative estimate of drug-likeness (QED) is 0.901. The maximum Gasteiger partial charge on any atom is 0.0947 e. The van der Waals surface area contributed by atoms with Gasteiger partial charge in [0.25, 0.3) is 0 Å². The SMILES string of the molecule is CC(C)C(C(O)c1ccccc1)N1CCCC(C)(C)C1. The molecule has 1 aliphatic rings. The molecule has 2 rings (SSSR count). The first kappa shape index (κ1) is 15.5. The predicted molar refractivity (Wildman–Crippen MR) is 84.6 cm³/mol. The van der Waals surface area contributed by atoms with Gasteiger partial charge >= 0.3 is 0 Å². The lowest BCUT2D eigenvalue weighted by molar-refractivity contribution is -0.0153. The molecule has 1 aromatic rings. The summed E-state index contributed by atoms with van der Waals surface area (Å²) in [5.74, 6) is 0.444. The third kappa shape index (κ3) is 3.62. The number of likely N-dealkylation sites (tertiary alicyclic amines) is 1. The van der Waals surface area contributed by atoms with Crippen molar-refractivity contribution in [1.82, 2.24) is 4.90 Å². The summed E-state index contributed by atoms with van der Waals surface area (Å²) in [6.45, 7) is 11.3. The molecule has 112 valence electrons. The Bertz CT molecular complexity index is 413. The molecule has 0 aromatic heterocycles. The Labute approximate surface area is 123 Å². The van der Waals surface area contributed by atoms with Gasteiger partial charge in [-0.15, -0.1) is 0 Å². The fourth-order valence-corrected chi connectivity index (χ4v) is 3.56. The molecular weight excluding hydrogens is 246 g/mol. The Morgan fingerprint density at radius 2 is 1.80 bits per heavy atom.